The highest BCUT2D eigenvalue weighted by Crippen LogP contribution is 2.19. The van der Waals surface area contributed by atoms with Gasteiger partial charge >= 0.3 is 0 Å². The number of thiazole rings is 1. The summed E-state index contributed by atoms with van der Waals surface area (Å²) < 4.78 is 1.19. The van der Waals surface area contributed by atoms with E-state index in [-0.39, 0.29) is 0 Å². The number of halogens is 1. The van der Waals surface area contributed by atoms with Crippen LogP contribution in [0, 0.1) is 6.92 Å². The van der Waals surface area contributed by atoms with Crippen LogP contribution in [0.2, 0.25) is 0 Å². The minimum Gasteiger partial charge on any atom is -0.313 e. The molecule has 1 aromatic heterocycles. The van der Waals surface area contributed by atoms with E-state index in [1.54, 1.807) is 11.3 Å². The van der Waals surface area contributed by atoms with Gasteiger partial charge < -0.3 is 5.32 Å². The number of nitrogens with zero attached hydrogens (tertiary/aromatic N) is 1. The Morgan fingerprint density at radius 2 is 2.10 bits per heavy atom. The summed E-state index contributed by atoms with van der Waals surface area (Å²) in [6.45, 7) is 5.32. The van der Waals surface area contributed by atoms with Gasteiger partial charge in [0.2, 0.25) is 0 Å². The smallest absolute Gasteiger partial charge is 0.0943 e. The van der Waals surface area contributed by atoms with Crippen molar-refractivity contribution in [3.05, 3.63) is 50.4 Å². The summed E-state index contributed by atoms with van der Waals surface area (Å²) in [7, 11) is 0. The van der Waals surface area contributed by atoms with Gasteiger partial charge in [-0.15, -0.1) is 11.3 Å². The van der Waals surface area contributed by atoms with Crippen LogP contribution in [0.5, 0.6) is 0 Å². The van der Waals surface area contributed by atoms with Crippen LogP contribution < -0.4 is 5.32 Å². The first kappa shape index (κ1) is 15.7. The zero-order valence-corrected chi connectivity index (χ0v) is 14.4. The van der Waals surface area contributed by atoms with Gasteiger partial charge in [-0.1, -0.05) is 41.1 Å². The highest BCUT2D eigenvalue weighted by atomic mass is 79.9. The van der Waals surface area contributed by atoms with E-state index in [0.717, 1.165) is 31.5 Å². The number of benzene rings is 1. The Labute approximate surface area is 133 Å². The third kappa shape index (κ3) is 4.69. The van der Waals surface area contributed by atoms with E-state index in [2.05, 4.69) is 69.7 Å². The summed E-state index contributed by atoms with van der Waals surface area (Å²) in [5, 5.41) is 7.00. The van der Waals surface area contributed by atoms with Gasteiger partial charge in [0.1, 0.15) is 0 Å². The molecule has 2 rings (SSSR count). The minimum absolute atomic E-state index is 0.444. The molecule has 1 N–H and O–H groups in total. The SMILES string of the molecule is CCCNC(Cc1nc(C)cs1)Cc1ccccc1Br. The van der Waals surface area contributed by atoms with Crippen LogP contribution >= 0.6 is 27.3 Å². The summed E-state index contributed by atoms with van der Waals surface area (Å²) in [4.78, 5) is 4.59. The number of aromatic nitrogens is 1. The third-order valence-corrected chi connectivity index (χ3v) is 4.96. The summed E-state index contributed by atoms with van der Waals surface area (Å²) in [5.74, 6) is 0. The normalized spacial score (nSPS) is 12.6. The Morgan fingerprint density at radius 1 is 1.30 bits per heavy atom. The second-order valence-electron chi connectivity index (χ2n) is 5.03. The van der Waals surface area contributed by atoms with Gasteiger partial charge in [0.15, 0.2) is 0 Å². The predicted octanol–water partition coefficient (Wildman–Crippen LogP) is 4.37. The largest absolute Gasteiger partial charge is 0.313 e. The van der Waals surface area contributed by atoms with Crippen molar-refractivity contribution in [2.75, 3.05) is 6.54 Å². The maximum absolute atomic E-state index is 4.59. The molecule has 2 aromatic rings. The van der Waals surface area contributed by atoms with Crippen LogP contribution in [0.3, 0.4) is 0 Å². The van der Waals surface area contributed by atoms with E-state index in [1.165, 1.54) is 15.0 Å². The third-order valence-electron chi connectivity index (χ3n) is 3.19. The minimum atomic E-state index is 0.444. The molecule has 0 amide bonds. The lowest BCUT2D eigenvalue weighted by molar-refractivity contribution is 0.503. The molecular formula is C16H21BrN2S. The zero-order chi connectivity index (χ0) is 14.4. The van der Waals surface area contributed by atoms with Gasteiger partial charge in [-0.05, 0) is 37.9 Å². The molecule has 1 atom stereocenters. The average Bonchev–Trinajstić information content (AvgIpc) is 2.84. The molecule has 0 aliphatic carbocycles. The topological polar surface area (TPSA) is 24.9 Å². The van der Waals surface area contributed by atoms with E-state index >= 15 is 0 Å². The first-order valence-corrected chi connectivity index (χ1v) is 8.74. The molecule has 0 aliphatic heterocycles. The van der Waals surface area contributed by atoms with Gasteiger partial charge in [0, 0.05) is 28.0 Å². The molecule has 1 heterocycles. The Kier molecular flexibility index (Phi) is 6.20. The molecule has 0 fully saturated rings. The fourth-order valence-corrected chi connectivity index (χ4v) is 3.50. The standard InChI is InChI=1S/C16H21BrN2S/c1-3-8-18-14(10-16-19-12(2)11-20-16)9-13-6-4-5-7-15(13)17/h4-7,11,14,18H,3,8-10H2,1-2H3. The maximum Gasteiger partial charge on any atom is 0.0943 e. The Hall–Kier alpha value is -0.710. The molecule has 108 valence electrons. The molecule has 0 aliphatic rings. The Morgan fingerprint density at radius 3 is 2.75 bits per heavy atom. The van der Waals surface area contributed by atoms with E-state index in [4.69, 9.17) is 0 Å². The molecule has 1 aromatic carbocycles. The fourth-order valence-electron chi connectivity index (χ4n) is 2.20. The quantitative estimate of drug-likeness (QED) is 0.800. The molecule has 0 saturated carbocycles. The number of hydrogen-bond donors (Lipinski definition) is 1. The van der Waals surface area contributed by atoms with Crippen molar-refractivity contribution < 1.29 is 0 Å². The van der Waals surface area contributed by atoms with Crippen molar-refractivity contribution in [1.82, 2.24) is 10.3 Å². The van der Waals surface area contributed by atoms with Crippen molar-refractivity contribution in [3.8, 4) is 0 Å². The molecule has 20 heavy (non-hydrogen) atoms. The monoisotopic (exact) mass is 352 g/mol. The number of aryl methyl sites for hydroxylation is 1. The highest BCUT2D eigenvalue weighted by molar-refractivity contribution is 9.10. The first-order valence-electron chi connectivity index (χ1n) is 7.06. The van der Waals surface area contributed by atoms with E-state index in [0.29, 0.717) is 6.04 Å². The molecule has 0 radical (unpaired) electrons. The fraction of sp³-hybridized carbons (Fsp3) is 0.438. The van der Waals surface area contributed by atoms with Crippen molar-refractivity contribution in [2.24, 2.45) is 0 Å². The van der Waals surface area contributed by atoms with E-state index in [9.17, 15) is 0 Å². The number of rotatable bonds is 7. The molecule has 0 saturated heterocycles. The van der Waals surface area contributed by atoms with Gasteiger partial charge in [-0.3, -0.25) is 0 Å². The van der Waals surface area contributed by atoms with Crippen LogP contribution in [-0.2, 0) is 12.8 Å². The summed E-state index contributed by atoms with van der Waals surface area (Å²) in [6, 6.07) is 8.91. The van der Waals surface area contributed by atoms with E-state index < -0.39 is 0 Å². The van der Waals surface area contributed by atoms with Gasteiger partial charge in [-0.2, -0.15) is 0 Å². The van der Waals surface area contributed by atoms with Crippen LogP contribution in [0.4, 0.5) is 0 Å². The molecule has 1 unspecified atom stereocenters. The molecular weight excluding hydrogens is 332 g/mol. The van der Waals surface area contributed by atoms with Crippen molar-refractivity contribution in [1.29, 1.82) is 0 Å². The van der Waals surface area contributed by atoms with E-state index in [1.807, 2.05) is 0 Å². The molecule has 0 spiro atoms. The van der Waals surface area contributed by atoms with Gasteiger partial charge in [0.05, 0.1) is 5.01 Å². The molecule has 0 bridgehead atoms. The second kappa shape index (κ2) is 7.91. The van der Waals surface area contributed by atoms with Crippen molar-refractivity contribution >= 4 is 27.3 Å². The van der Waals surface area contributed by atoms with Crippen molar-refractivity contribution in [2.45, 2.75) is 39.2 Å². The van der Waals surface area contributed by atoms with Crippen LogP contribution in [0.15, 0.2) is 34.1 Å². The molecule has 2 nitrogen and oxygen atoms in total. The predicted molar refractivity (Wildman–Crippen MR) is 90.5 cm³/mol. The summed E-state index contributed by atoms with van der Waals surface area (Å²) in [6.07, 6.45) is 3.18. The maximum atomic E-state index is 4.59. The first-order chi connectivity index (χ1) is 9.69. The lowest BCUT2D eigenvalue weighted by atomic mass is 10.0. The van der Waals surface area contributed by atoms with Crippen molar-refractivity contribution in [3.63, 3.8) is 0 Å². The van der Waals surface area contributed by atoms with Crippen LogP contribution in [-0.4, -0.2) is 17.6 Å². The van der Waals surface area contributed by atoms with Gasteiger partial charge in [-0.25, -0.2) is 4.98 Å². The van der Waals surface area contributed by atoms with Gasteiger partial charge in [0.25, 0.3) is 0 Å². The zero-order valence-electron chi connectivity index (χ0n) is 12.0. The van der Waals surface area contributed by atoms with Crippen LogP contribution in [0.25, 0.3) is 0 Å². The highest BCUT2D eigenvalue weighted by Gasteiger charge is 2.13. The average molecular weight is 353 g/mol. The second-order valence-corrected chi connectivity index (χ2v) is 6.83. The molecule has 4 heteroatoms. The lowest BCUT2D eigenvalue weighted by Gasteiger charge is -2.18. The Balaban J connectivity index is 2.05. The number of nitrogens with one attached hydrogen (secondary N) is 1. The lowest BCUT2D eigenvalue weighted by Crippen LogP contribution is -2.33. The number of hydrogen-bond acceptors (Lipinski definition) is 3. The summed E-state index contributed by atoms with van der Waals surface area (Å²) >= 11 is 5.40. The summed E-state index contributed by atoms with van der Waals surface area (Å²) in [5.41, 5.74) is 2.48. The Bertz CT molecular complexity index is 539. The van der Waals surface area contributed by atoms with Crippen LogP contribution in [0.1, 0.15) is 29.6 Å².